The maximum atomic E-state index is 10.5. The van der Waals surface area contributed by atoms with Gasteiger partial charge >= 0.3 is 0 Å². The van der Waals surface area contributed by atoms with Gasteiger partial charge in [-0.2, -0.15) is 0 Å². The Kier molecular flexibility index (Phi) is 6.26. The fraction of sp³-hybridized carbons (Fsp3) is 0.929. The maximum absolute atomic E-state index is 10.5. The van der Waals surface area contributed by atoms with Gasteiger partial charge in [0.2, 0.25) is 0 Å². The van der Waals surface area contributed by atoms with Crippen LogP contribution in [0.3, 0.4) is 0 Å². The minimum Gasteiger partial charge on any atom is -0.396 e. The third kappa shape index (κ3) is 3.43. The second kappa shape index (κ2) is 8.22. The van der Waals surface area contributed by atoms with E-state index in [1.807, 2.05) is 5.57 Å². The summed E-state index contributed by atoms with van der Waals surface area (Å²) in [5.74, 6) is 3.34. The number of aliphatic hydroxyl groups is 2. The van der Waals surface area contributed by atoms with Crippen LogP contribution in [0.1, 0.15) is 112 Å². The summed E-state index contributed by atoms with van der Waals surface area (Å²) in [6, 6.07) is 0. The van der Waals surface area contributed by atoms with Crippen LogP contribution in [0, 0.1) is 39.9 Å². The van der Waals surface area contributed by atoms with E-state index in [0.717, 1.165) is 49.4 Å². The predicted molar refractivity (Wildman–Crippen MR) is 125 cm³/mol. The Morgan fingerprint density at radius 3 is 2.43 bits per heavy atom. The van der Waals surface area contributed by atoms with E-state index in [9.17, 15) is 10.2 Å². The standard InChI is InChI=1S/C28H48O2/c1-19(2)7-6-8-20(3)23-9-10-24-22-12-16-28(18-29)17-21(30)11-15-27(28,5)25(22)13-14-26(23,24)4/h19-21,23-24,29-30H,6-18H2,1-5H3/t20-,21?,23-,24+,26-,27-,28-/m1/s1. The first kappa shape index (κ1) is 22.8. The molecule has 1 unspecified atom stereocenters. The van der Waals surface area contributed by atoms with Gasteiger partial charge in [-0.25, -0.2) is 0 Å². The largest absolute Gasteiger partial charge is 0.396 e. The van der Waals surface area contributed by atoms with Crippen molar-refractivity contribution in [3.05, 3.63) is 11.1 Å². The van der Waals surface area contributed by atoms with Crippen LogP contribution in [0.5, 0.6) is 0 Å². The molecule has 2 N–H and O–H groups in total. The van der Waals surface area contributed by atoms with Crippen LogP contribution in [0.15, 0.2) is 11.1 Å². The summed E-state index contributed by atoms with van der Waals surface area (Å²) in [6.07, 6.45) is 14.4. The van der Waals surface area contributed by atoms with E-state index in [0.29, 0.717) is 5.41 Å². The summed E-state index contributed by atoms with van der Waals surface area (Å²) in [6.45, 7) is 12.6. The van der Waals surface area contributed by atoms with Gasteiger partial charge < -0.3 is 10.2 Å². The molecule has 0 aliphatic heterocycles. The summed E-state index contributed by atoms with van der Waals surface area (Å²) in [5.41, 5.74) is 4.05. The lowest BCUT2D eigenvalue weighted by Crippen LogP contribution is -2.54. The number of aliphatic hydroxyl groups excluding tert-OH is 2. The van der Waals surface area contributed by atoms with Crippen molar-refractivity contribution in [3.63, 3.8) is 0 Å². The van der Waals surface area contributed by atoms with Gasteiger partial charge in [-0.15, -0.1) is 0 Å². The molecule has 2 saturated carbocycles. The lowest BCUT2D eigenvalue weighted by Gasteiger charge is -2.60. The van der Waals surface area contributed by atoms with Crippen LogP contribution in [-0.4, -0.2) is 22.9 Å². The fourth-order valence-corrected chi connectivity index (χ4v) is 8.94. The second-order valence-electron chi connectivity index (χ2n) is 12.7. The Morgan fingerprint density at radius 2 is 1.73 bits per heavy atom. The molecule has 0 spiro atoms. The normalized spacial score (nSPS) is 44.6. The molecule has 7 atom stereocenters. The Morgan fingerprint density at radius 1 is 0.967 bits per heavy atom. The van der Waals surface area contributed by atoms with Gasteiger partial charge in [0.25, 0.3) is 0 Å². The minimum absolute atomic E-state index is 0.0839. The van der Waals surface area contributed by atoms with Crippen molar-refractivity contribution < 1.29 is 10.2 Å². The molecule has 4 rings (SSSR count). The van der Waals surface area contributed by atoms with Crippen molar-refractivity contribution in [2.45, 2.75) is 118 Å². The van der Waals surface area contributed by atoms with E-state index in [1.165, 1.54) is 51.4 Å². The first-order valence-corrected chi connectivity index (χ1v) is 13.2. The molecule has 2 nitrogen and oxygen atoms in total. The van der Waals surface area contributed by atoms with E-state index < -0.39 is 0 Å². The van der Waals surface area contributed by atoms with E-state index >= 15 is 0 Å². The third-order valence-corrected chi connectivity index (χ3v) is 10.9. The Balaban J connectivity index is 1.58. The highest BCUT2D eigenvalue weighted by atomic mass is 16.3. The summed E-state index contributed by atoms with van der Waals surface area (Å²) in [4.78, 5) is 0. The quantitative estimate of drug-likeness (QED) is 0.463. The van der Waals surface area contributed by atoms with E-state index in [2.05, 4.69) is 34.6 Å². The molecule has 0 amide bonds. The molecule has 0 bridgehead atoms. The minimum atomic E-state index is -0.219. The Bertz CT molecular complexity index is 666. The average molecular weight is 417 g/mol. The van der Waals surface area contributed by atoms with Gasteiger partial charge in [0.1, 0.15) is 0 Å². The molecule has 4 aliphatic carbocycles. The lowest BCUT2D eigenvalue weighted by atomic mass is 9.45. The van der Waals surface area contributed by atoms with Gasteiger partial charge in [0, 0.05) is 12.0 Å². The van der Waals surface area contributed by atoms with Crippen molar-refractivity contribution >= 4 is 0 Å². The highest BCUT2D eigenvalue weighted by molar-refractivity contribution is 5.36. The molecule has 30 heavy (non-hydrogen) atoms. The molecule has 4 aliphatic rings. The number of allylic oxidation sites excluding steroid dienone is 2. The monoisotopic (exact) mass is 416 g/mol. The van der Waals surface area contributed by atoms with Crippen molar-refractivity contribution in [1.29, 1.82) is 0 Å². The molecule has 0 aromatic heterocycles. The zero-order valence-electron chi connectivity index (χ0n) is 20.5. The second-order valence-corrected chi connectivity index (χ2v) is 12.7. The zero-order valence-corrected chi connectivity index (χ0v) is 20.5. The van der Waals surface area contributed by atoms with Gasteiger partial charge in [0.15, 0.2) is 0 Å². The topological polar surface area (TPSA) is 40.5 Å². The summed E-state index contributed by atoms with van der Waals surface area (Å²) < 4.78 is 0. The zero-order chi connectivity index (χ0) is 21.7. The van der Waals surface area contributed by atoms with E-state index in [-0.39, 0.29) is 23.5 Å². The molecule has 0 saturated heterocycles. The van der Waals surface area contributed by atoms with Crippen LogP contribution in [0.25, 0.3) is 0 Å². The van der Waals surface area contributed by atoms with Crippen LogP contribution in [-0.2, 0) is 0 Å². The first-order chi connectivity index (χ1) is 14.2. The molecule has 0 aromatic rings. The Hall–Kier alpha value is -0.340. The highest BCUT2D eigenvalue weighted by Crippen LogP contribution is 2.68. The Labute approximate surface area is 185 Å². The SMILES string of the molecule is CC(C)CCC[C@@H](C)[C@H]1CC[C@H]2C3=C(CC[C@]12C)[C@@]1(C)CCC(O)C[C@@]1(CO)CC3. The van der Waals surface area contributed by atoms with Crippen LogP contribution in [0.2, 0.25) is 0 Å². The predicted octanol–water partition coefficient (Wildman–Crippen LogP) is 6.90. The van der Waals surface area contributed by atoms with Crippen molar-refractivity contribution in [3.8, 4) is 0 Å². The summed E-state index contributed by atoms with van der Waals surface area (Å²) in [7, 11) is 0. The van der Waals surface area contributed by atoms with Gasteiger partial charge in [-0.3, -0.25) is 0 Å². The number of rotatable bonds is 6. The van der Waals surface area contributed by atoms with Crippen molar-refractivity contribution in [2.24, 2.45) is 39.9 Å². The van der Waals surface area contributed by atoms with Gasteiger partial charge in [0.05, 0.1) is 6.10 Å². The molecule has 2 heteroatoms. The molecule has 0 aromatic carbocycles. The number of hydrogen-bond acceptors (Lipinski definition) is 2. The van der Waals surface area contributed by atoms with Crippen LogP contribution in [0.4, 0.5) is 0 Å². The van der Waals surface area contributed by atoms with Crippen molar-refractivity contribution in [1.82, 2.24) is 0 Å². The molecule has 2 fully saturated rings. The maximum Gasteiger partial charge on any atom is 0.0547 e. The van der Waals surface area contributed by atoms with Gasteiger partial charge in [-0.1, -0.05) is 65.0 Å². The highest BCUT2D eigenvalue weighted by Gasteiger charge is 2.60. The third-order valence-electron chi connectivity index (χ3n) is 10.9. The number of hydrogen-bond donors (Lipinski definition) is 2. The fourth-order valence-electron chi connectivity index (χ4n) is 8.94. The van der Waals surface area contributed by atoms with Crippen LogP contribution < -0.4 is 0 Å². The molecule has 0 radical (unpaired) electrons. The van der Waals surface area contributed by atoms with E-state index in [4.69, 9.17) is 0 Å². The molecular weight excluding hydrogens is 368 g/mol. The number of fused-ring (bicyclic) bond motifs is 4. The summed E-state index contributed by atoms with van der Waals surface area (Å²) >= 11 is 0. The lowest BCUT2D eigenvalue weighted by molar-refractivity contribution is -0.0887. The average Bonchev–Trinajstić information content (AvgIpc) is 3.05. The van der Waals surface area contributed by atoms with E-state index in [1.54, 1.807) is 5.57 Å². The summed E-state index contributed by atoms with van der Waals surface area (Å²) in [5, 5.41) is 20.9. The molecule has 172 valence electrons. The smallest absolute Gasteiger partial charge is 0.0547 e. The van der Waals surface area contributed by atoms with Crippen LogP contribution >= 0.6 is 0 Å². The van der Waals surface area contributed by atoms with Gasteiger partial charge in [-0.05, 0) is 92.3 Å². The molecule has 0 heterocycles. The first-order valence-electron chi connectivity index (χ1n) is 13.2. The van der Waals surface area contributed by atoms with Crippen molar-refractivity contribution in [2.75, 3.05) is 6.61 Å². The molecular formula is C28H48O2.